The highest BCUT2D eigenvalue weighted by molar-refractivity contribution is 7.09. The Morgan fingerprint density at radius 2 is 2.16 bits per heavy atom. The van der Waals surface area contributed by atoms with Crippen LogP contribution in [0.15, 0.2) is 17.5 Å². The first-order valence-corrected chi connectivity index (χ1v) is 7.71. The third kappa shape index (κ3) is 7.33. The summed E-state index contributed by atoms with van der Waals surface area (Å²) in [6.07, 6.45) is 2.56. The van der Waals surface area contributed by atoms with Gasteiger partial charge in [-0.15, -0.1) is 11.3 Å². The van der Waals surface area contributed by atoms with Crippen LogP contribution in [0.25, 0.3) is 0 Å². The van der Waals surface area contributed by atoms with Crippen LogP contribution in [0.4, 0.5) is 0 Å². The van der Waals surface area contributed by atoms with Crippen molar-refractivity contribution in [3.8, 4) is 0 Å². The molecule has 0 unspecified atom stereocenters. The molecule has 1 N–H and O–H groups in total. The second-order valence-corrected chi connectivity index (χ2v) is 7.14. The Balaban J connectivity index is 2.17. The molecule has 19 heavy (non-hydrogen) atoms. The number of carbonyl (C=O) groups excluding carboxylic acids is 1. The number of amides is 1. The maximum absolute atomic E-state index is 11.8. The number of hydrogen-bond acceptors (Lipinski definition) is 3. The normalized spacial score (nSPS) is 11.8. The van der Waals surface area contributed by atoms with Gasteiger partial charge in [0.15, 0.2) is 0 Å². The lowest BCUT2D eigenvalue weighted by molar-refractivity contribution is -0.121. The van der Waals surface area contributed by atoms with E-state index in [1.165, 1.54) is 4.88 Å². The molecule has 0 bridgehead atoms. The molecule has 0 saturated carbocycles. The molecule has 1 rings (SSSR count). The minimum Gasteiger partial charge on any atom is -0.356 e. The number of rotatable bonds is 8. The molecule has 1 heterocycles. The van der Waals surface area contributed by atoms with Gasteiger partial charge in [-0.25, -0.2) is 0 Å². The Morgan fingerprint density at radius 1 is 1.42 bits per heavy atom. The van der Waals surface area contributed by atoms with E-state index < -0.39 is 0 Å². The number of carbonyl (C=O) groups is 1. The number of aryl methyl sites for hydroxylation is 1. The summed E-state index contributed by atoms with van der Waals surface area (Å²) in [6, 6.07) is 4.19. The van der Waals surface area contributed by atoms with Gasteiger partial charge in [0.25, 0.3) is 0 Å². The topological polar surface area (TPSA) is 32.3 Å². The van der Waals surface area contributed by atoms with Gasteiger partial charge in [-0.3, -0.25) is 4.79 Å². The van der Waals surface area contributed by atoms with Crippen LogP contribution in [0.1, 0.15) is 31.6 Å². The van der Waals surface area contributed by atoms with Crippen molar-refractivity contribution in [3.63, 3.8) is 0 Å². The summed E-state index contributed by atoms with van der Waals surface area (Å²) in [5.41, 5.74) is 0.118. The predicted octanol–water partition coefficient (Wildman–Crippen LogP) is 2.77. The first kappa shape index (κ1) is 16.2. The molecule has 0 aromatic carbocycles. The van der Waals surface area contributed by atoms with Gasteiger partial charge < -0.3 is 10.2 Å². The van der Waals surface area contributed by atoms with Crippen LogP contribution in [0.3, 0.4) is 0 Å². The maximum Gasteiger partial charge on any atom is 0.220 e. The first-order chi connectivity index (χ1) is 8.89. The Kier molecular flexibility index (Phi) is 6.52. The Bertz CT molecular complexity index is 372. The van der Waals surface area contributed by atoms with Gasteiger partial charge >= 0.3 is 0 Å². The second-order valence-electron chi connectivity index (χ2n) is 6.11. The predicted molar refractivity (Wildman–Crippen MR) is 82.6 cm³/mol. The van der Waals surface area contributed by atoms with Crippen molar-refractivity contribution < 1.29 is 4.79 Å². The van der Waals surface area contributed by atoms with E-state index in [0.29, 0.717) is 6.42 Å². The molecule has 0 saturated heterocycles. The van der Waals surface area contributed by atoms with Crippen molar-refractivity contribution in [1.82, 2.24) is 10.2 Å². The van der Waals surface area contributed by atoms with E-state index >= 15 is 0 Å². The van der Waals surface area contributed by atoms with E-state index in [1.807, 2.05) is 0 Å². The van der Waals surface area contributed by atoms with Crippen LogP contribution in [0.5, 0.6) is 0 Å². The molecule has 0 spiro atoms. The van der Waals surface area contributed by atoms with Crippen LogP contribution in [0, 0.1) is 5.41 Å². The van der Waals surface area contributed by atoms with Gasteiger partial charge in [0.05, 0.1) is 0 Å². The standard InChI is InChI=1S/C15H26N2OS/c1-15(2,12-17(3)4)11-16-14(18)9-5-7-13-8-6-10-19-13/h6,8,10H,5,7,9,11-12H2,1-4H3,(H,16,18). The lowest BCUT2D eigenvalue weighted by Crippen LogP contribution is -2.39. The van der Waals surface area contributed by atoms with Crippen LogP contribution < -0.4 is 5.32 Å². The lowest BCUT2D eigenvalue weighted by atomic mass is 9.93. The fourth-order valence-electron chi connectivity index (χ4n) is 2.22. The van der Waals surface area contributed by atoms with Gasteiger partial charge in [0.2, 0.25) is 5.91 Å². The third-order valence-corrected chi connectivity index (χ3v) is 3.85. The molecule has 0 radical (unpaired) electrons. The van der Waals surface area contributed by atoms with Crippen LogP contribution in [0.2, 0.25) is 0 Å². The van der Waals surface area contributed by atoms with E-state index in [1.54, 1.807) is 11.3 Å². The molecule has 1 amide bonds. The third-order valence-electron chi connectivity index (χ3n) is 2.92. The van der Waals surface area contributed by atoms with Crippen LogP contribution in [-0.4, -0.2) is 38.0 Å². The van der Waals surface area contributed by atoms with Gasteiger partial charge in [-0.1, -0.05) is 19.9 Å². The van der Waals surface area contributed by atoms with E-state index in [-0.39, 0.29) is 11.3 Å². The summed E-state index contributed by atoms with van der Waals surface area (Å²) in [5.74, 6) is 0.170. The molecule has 1 aromatic heterocycles. The zero-order chi connectivity index (χ0) is 14.3. The maximum atomic E-state index is 11.8. The molecule has 0 fully saturated rings. The summed E-state index contributed by atoms with van der Waals surface area (Å²) >= 11 is 1.76. The Hall–Kier alpha value is -0.870. The average Bonchev–Trinajstić information content (AvgIpc) is 2.78. The number of thiophene rings is 1. The van der Waals surface area contributed by atoms with E-state index in [0.717, 1.165) is 25.9 Å². The molecular weight excluding hydrogens is 256 g/mol. The molecule has 4 heteroatoms. The van der Waals surface area contributed by atoms with Crippen molar-refractivity contribution >= 4 is 17.2 Å². The summed E-state index contributed by atoms with van der Waals surface area (Å²) < 4.78 is 0. The van der Waals surface area contributed by atoms with Gasteiger partial charge in [0, 0.05) is 24.4 Å². The van der Waals surface area contributed by atoms with Crippen molar-refractivity contribution in [3.05, 3.63) is 22.4 Å². The van der Waals surface area contributed by atoms with E-state index in [9.17, 15) is 4.79 Å². The molecular formula is C15H26N2OS. The highest BCUT2D eigenvalue weighted by Crippen LogP contribution is 2.15. The Morgan fingerprint density at radius 3 is 2.74 bits per heavy atom. The van der Waals surface area contributed by atoms with Crippen molar-refractivity contribution in [2.24, 2.45) is 5.41 Å². The largest absolute Gasteiger partial charge is 0.356 e. The smallest absolute Gasteiger partial charge is 0.220 e. The zero-order valence-electron chi connectivity index (χ0n) is 12.5. The molecule has 3 nitrogen and oxygen atoms in total. The monoisotopic (exact) mass is 282 g/mol. The summed E-state index contributed by atoms with van der Waals surface area (Å²) in [6.45, 7) is 6.07. The average molecular weight is 282 g/mol. The first-order valence-electron chi connectivity index (χ1n) is 6.83. The molecule has 1 aromatic rings. The van der Waals surface area contributed by atoms with E-state index in [4.69, 9.17) is 0 Å². The lowest BCUT2D eigenvalue weighted by Gasteiger charge is -2.28. The Labute approximate surface area is 121 Å². The summed E-state index contributed by atoms with van der Waals surface area (Å²) in [7, 11) is 4.12. The van der Waals surface area contributed by atoms with Crippen molar-refractivity contribution in [2.45, 2.75) is 33.1 Å². The zero-order valence-corrected chi connectivity index (χ0v) is 13.3. The second kappa shape index (κ2) is 7.65. The summed E-state index contributed by atoms with van der Waals surface area (Å²) in [4.78, 5) is 15.3. The quantitative estimate of drug-likeness (QED) is 0.795. The van der Waals surface area contributed by atoms with E-state index in [2.05, 4.69) is 55.7 Å². The molecule has 108 valence electrons. The summed E-state index contributed by atoms with van der Waals surface area (Å²) in [5, 5.41) is 5.13. The molecule has 0 aliphatic rings. The van der Waals surface area contributed by atoms with Crippen LogP contribution in [-0.2, 0) is 11.2 Å². The molecule has 0 aliphatic carbocycles. The van der Waals surface area contributed by atoms with Crippen LogP contribution >= 0.6 is 11.3 Å². The fourth-order valence-corrected chi connectivity index (χ4v) is 2.97. The van der Waals surface area contributed by atoms with Crippen molar-refractivity contribution in [1.29, 1.82) is 0 Å². The number of hydrogen-bond donors (Lipinski definition) is 1. The van der Waals surface area contributed by atoms with Gasteiger partial charge in [-0.2, -0.15) is 0 Å². The number of nitrogens with one attached hydrogen (secondary N) is 1. The number of nitrogens with zero attached hydrogens (tertiary/aromatic N) is 1. The minimum atomic E-state index is 0.118. The van der Waals surface area contributed by atoms with Crippen molar-refractivity contribution in [2.75, 3.05) is 27.2 Å². The molecule has 0 atom stereocenters. The van der Waals surface area contributed by atoms with Gasteiger partial charge in [0.1, 0.15) is 0 Å². The SMILES string of the molecule is CN(C)CC(C)(C)CNC(=O)CCCc1cccs1. The van der Waals surface area contributed by atoms with Gasteiger partial charge in [-0.05, 0) is 43.8 Å². The fraction of sp³-hybridized carbons (Fsp3) is 0.667. The minimum absolute atomic E-state index is 0.118. The molecule has 0 aliphatic heterocycles. The highest BCUT2D eigenvalue weighted by Gasteiger charge is 2.19. The highest BCUT2D eigenvalue weighted by atomic mass is 32.1.